The third-order valence-electron chi connectivity index (χ3n) is 1.77. The second-order valence-electron chi connectivity index (χ2n) is 3.50. The minimum atomic E-state index is 0.152. The molecule has 0 unspecified atom stereocenters. The number of rotatable bonds is 1. The summed E-state index contributed by atoms with van der Waals surface area (Å²) in [5.74, 6) is 0. The monoisotopic (exact) mass is 290 g/mol. The molecule has 0 bridgehead atoms. The summed E-state index contributed by atoms with van der Waals surface area (Å²) in [7, 11) is 0. The maximum absolute atomic E-state index is 3.56. The average molecular weight is 292 g/mol. The lowest BCUT2D eigenvalue weighted by atomic mass is 9.93. The van der Waals surface area contributed by atoms with Crippen LogP contribution in [-0.4, -0.2) is 5.33 Å². The first-order valence-electron chi connectivity index (χ1n) is 3.88. The number of hydrogen-bond donors (Lipinski definition) is 0. The average Bonchev–Trinajstić information content (AvgIpc) is 2.07. The van der Waals surface area contributed by atoms with E-state index in [1.165, 1.54) is 10.1 Å². The fraction of sp³-hybridized carbons (Fsp3) is 0.400. The summed E-state index contributed by atoms with van der Waals surface area (Å²) in [5, 5.41) is 0.893. The number of allylic oxidation sites excluding steroid dienone is 6. The highest BCUT2D eigenvalue weighted by Gasteiger charge is 2.14. The van der Waals surface area contributed by atoms with Gasteiger partial charge in [-0.15, -0.1) is 0 Å². The van der Waals surface area contributed by atoms with Crippen LogP contribution in [0.2, 0.25) is 0 Å². The highest BCUT2D eigenvalue weighted by molar-refractivity contribution is 9.12. The Kier molecular flexibility index (Phi) is 3.36. The smallest absolute Gasteiger partial charge is 0.0294 e. The highest BCUT2D eigenvalue weighted by atomic mass is 79.9. The van der Waals surface area contributed by atoms with E-state index in [1.54, 1.807) is 0 Å². The Morgan fingerprint density at radius 3 is 2.67 bits per heavy atom. The number of alkyl halides is 1. The van der Waals surface area contributed by atoms with Gasteiger partial charge in [-0.05, 0) is 5.57 Å². The van der Waals surface area contributed by atoms with Crippen molar-refractivity contribution < 1.29 is 0 Å². The molecule has 0 radical (unpaired) electrons. The van der Waals surface area contributed by atoms with Gasteiger partial charge in [-0.1, -0.05) is 70.0 Å². The Hall–Kier alpha value is 0.180. The van der Waals surface area contributed by atoms with Crippen LogP contribution in [0.5, 0.6) is 0 Å². The van der Waals surface area contributed by atoms with E-state index in [9.17, 15) is 0 Å². The molecule has 0 amide bonds. The molecule has 0 fully saturated rings. The molecule has 66 valence electrons. The van der Waals surface area contributed by atoms with Gasteiger partial charge in [-0.3, -0.25) is 0 Å². The summed E-state index contributed by atoms with van der Waals surface area (Å²) in [5.41, 5.74) is 1.44. The Bertz CT molecular complexity index is 257. The zero-order valence-electron chi connectivity index (χ0n) is 7.27. The molecule has 0 saturated heterocycles. The van der Waals surface area contributed by atoms with Gasteiger partial charge in [0.05, 0.1) is 0 Å². The molecule has 0 nitrogen and oxygen atoms in total. The minimum Gasteiger partial charge on any atom is -0.0876 e. The van der Waals surface area contributed by atoms with E-state index in [0.717, 1.165) is 5.33 Å². The van der Waals surface area contributed by atoms with Crippen molar-refractivity contribution in [2.45, 2.75) is 13.8 Å². The molecule has 0 heterocycles. The summed E-state index contributed by atoms with van der Waals surface area (Å²) in [4.78, 5) is 0. The quantitative estimate of drug-likeness (QED) is 0.636. The van der Waals surface area contributed by atoms with E-state index in [2.05, 4.69) is 70.0 Å². The van der Waals surface area contributed by atoms with E-state index in [4.69, 9.17) is 0 Å². The molecule has 1 rings (SSSR count). The topological polar surface area (TPSA) is 0 Å². The van der Waals surface area contributed by atoms with Crippen LogP contribution < -0.4 is 0 Å². The van der Waals surface area contributed by atoms with Crippen LogP contribution in [0, 0.1) is 5.41 Å². The van der Waals surface area contributed by atoms with Gasteiger partial charge in [0, 0.05) is 15.2 Å². The molecule has 12 heavy (non-hydrogen) atoms. The van der Waals surface area contributed by atoms with Crippen molar-refractivity contribution in [2.24, 2.45) is 5.41 Å². The van der Waals surface area contributed by atoms with Crippen LogP contribution in [0.1, 0.15) is 13.8 Å². The number of hydrogen-bond acceptors (Lipinski definition) is 0. The van der Waals surface area contributed by atoms with Crippen molar-refractivity contribution in [3.63, 3.8) is 0 Å². The lowest BCUT2D eigenvalue weighted by Crippen LogP contribution is -2.02. The number of halogens is 2. The van der Waals surface area contributed by atoms with Crippen molar-refractivity contribution in [3.8, 4) is 0 Å². The van der Waals surface area contributed by atoms with Crippen LogP contribution >= 0.6 is 31.9 Å². The van der Waals surface area contributed by atoms with Gasteiger partial charge in [0.25, 0.3) is 0 Å². The normalized spacial score (nSPS) is 21.3. The van der Waals surface area contributed by atoms with Crippen LogP contribution in [0.3, 0.4) is 0 Å². The van der Waals surface area contributed by atoms with Crippen LogP contribution in [-0.2, 0) is 0 Å². The Morgan fingerprint density at radius 1 is 1.42 bits per heavy atom. The van der Waals surface area contributed by atoms with Gasteiger partial charge in [0.15, 0.2) is 0 Å². The molecule has 0 N–H and O–H groups in total. The highest BCUT2D eigenvalue weighted by Crippen LogP contribution is 2.30. The maximum atomic E-state index is 3.56. The van der Waals surface area contributed by atoms with E-state index in [-0.39, 0.29) is 5.41 Å². The second-order valence-corrected chi connectivity index (χ2v) is 4.91. The molecule has 0 saturated carbocycles. The summed E-state index contributed by atoms with van der Waals surface area (Å²) < 4.78 is 1.19. The van der Waals surface area contributed by atoms with Crippen LogP contribution in [0.25, 0.3) is 0 Å². The predicted octanol–water partition coefficient (Wildman–Crippen LogP) is 4.18. The van der Waals surface area contributed by atoms with Crippen LogP contribution in [0.15, 0.2) is 34.4 Å². The van der Waals surface area contributed by atoms with Gasteiger partial charge in [-0.2, -0.15) is 0 Å². The van der Waals surface area contributed by atoms with Gasteiger partial charge >= 0.3 is 0 Å². The third kappa shape index (κ3) is 2.60. The summed E-state index contributed by atoms with van der Waals surface area (Å²) >= 11 is 7.01. The molecule has 1 aliphatic rings. The molecule has 0 atom stereocenters. The zero-order valence-corrected chi connectivity index (χ0v) is 10.4. The molecule has 0 aromatic heterocycles. The SMILES string of the molecule is CC1(C)C=CC=C(CBr)C(Br)=C1. The van der Waals surface area contributed by atoms with Crippen molar-refractivity contribution in [1.29, 1.82) is 0 Å². The zero-order chi connectivity index (χ0) is 9.19. The van der Waals surface area contributed by atoms with Crippen molar-refractivity contribution >= 4 is 31.9 Å². The minimum absolute atomic E-state index is 0.152. The van der Waals surface area contributed by atoms with Gasteiger partial charge in [-0.25, -0.2) is 0 Å². The fourth-order valence-electron chi connectivity index (χ4n) is 1.07. The lowest BCUT2D eigenvalue weighted by molar-refractivity contribution is 0.626. The lowest BCUT2D eigenvalue weighted by Gasteiger charge is -2.14. The van der Waals surface area contributed by atoms with Gasteiger partial charge < -0.3 is 0 Å². The fourth-order valence-corrected chi connectivity index (χ4v) is 2.80. The third-order valence-corrected chi connectivity index (χ3v) is 3.11. The molecule has 0 aliphatic heterocycles. The van der Waals surface area contributed by atoms with E-state index < -0.39 is 0 Å². The molecule has 1 aliphatic carbocycles. The van der Waals surface area contributed by atoms with Crippen molar-refractivity contribution in [2.75, 3.05) is 5.33 Å². The summed E-state index contributed by atoms with van der Waals surface area (Å²) in [6, 6.07) is 0. The van der Waals surface area contributed by atoms with Gasteiger partial charge in [0.2, 0.25) is 0 Å². The van der Waals surface area contributed by atoms with E-state index >= 15 is 0 Å². The molecule has 2 heteroatoms. The standard InChI is InChI=1S/C10H12Br2/c1-10(2)5-3-4-8(7-11)9(12)6-10/h3-6H,7H2,1-2H3. The Labute approximate surface area is 90.7 Å². The summed E-state index contributed by atoms with van der Waals surface area (Å²) in [6.45, 7) is 4.38. The van der Waals surface area contributed by atoms with Gasteiger partial charge in [0.1, 0.15) is 0 Å². The molecular weight excluding hydrogens is 280 g/mol. The molecule has 0 aromatic rings. The second kappa shape index (κ2) is 3.93. The summed E-state index contributed by atoms with van der Waals surface area (Å²) in [6.07, 6.45) is 8.67. The van der Waals surface area contributed by atoms with Crippen LogP contribution in [0.4, 0.5) is 0 Å². The maximum Gasteiger partial charge on any atom is 0.0294 e. The Morgan fingerprint density at radius 2 is 2.08 bits per heavy atom. The van der Waals surface area contributed by atoms with E-state index in [0.29, 0.717) is 0 Å². The largest absolute Gasteiger partial charge is 0.0876 e. The molecular formula is C10H12Br2. The first-order valence-corrected chi connectivity index (χ1v) is 5.80. The van der Waals surface area contributed by atoms with E-state index in [1.807, 2.05) is 0 Å². The first kappa shape index (κ1) is 10.3. The van der Waals surface area contributed by atoms with Crippen molar-refractivity contribution in [3.05, 3.63) is 34.4 Å². The molecule has 0 spiro atoms. The Balaban J connectivity index is 3.00. The predicted molar refractivity (Wildman–Crippen MR) is 61.8 cm³/mol. The molecule has 0 aromatic carbocycles. The first-order chi connectivity index (χ1) is 5.55. The van der Waals surface area contributed by atoms with Crippen molar-refractivity contribution in [1.82, 2.24) is 0 Å².